The van der Waals surface area contributed by atoms with Crippen LogP contribution in [0.3, 0.4) is 0 Å². The number of benzene rings is 1. The third-order valence-corrected chi connectivity index (χ3v) is 5.66. The molecule has 1 aliphatic rings. The molecule has 1 unspecified atom stereocenters. The number of carboxylic acids is 1. The van der Waals surface area contributed by atoms with Crippen molar-refractivity contribution >= 4 is 47.8 Å². The number of halogens is 1. The maximum atomic E-state index is 13.0. The van der Waals surface area contributed by atoms with Crippen LogP contribution >= 0.6 is 11.6 Å². The van der Waals surface area contributed by atoms with Crippen LogP contribution in [0.2, 0.25) is 5.02 Å². The predicted octanol–water partition coefficient (Wildman–Crippen LogP) is 1.85. The van der Waals surface area contributed by atoms with Gasteiger partial charge in [0.25, 0.3) is 5.91 Å². The van der Waals surface area contributed by atoms with Gasteiger partial charge in [-0.1, -0.05) is 32.4 Å². The zero-order valence-corrected chi connectivity index (χ0v) is 20.6. The summed E-state index contributed by atoms with van der Waals surface area (Å²) in [6.45, 7) is 8.65. The number of hydrogen-bond donors (Lipinski definition) is 4. The number of nitrogen functional groups attached to an aromatic ring is 1. The molecule has 0 aliphatic carbocycles. The van der Waals surface area contributed by atoms with Crippen LogP contribution in [-0.2, 0) is 19.2 Å². The minimum absolute atomic E-state index is 0.0256. The number of likely N-dealkylation sites (tertiary alicyclic amines) is 1. The van der Waals surface area contributed by atoms with E-state index in [2.05, 4.69) is 5.32 Å². The number of amides is 3. The second kappa shape index (κ2) is 12.9. The normalized spacial score (nSPS) is 17.0. The number of nitrogens with one attached hydrogen (secondary N) is 2. The van der Waals surface area contributed by atoms with E-state index in [-0.39, 0.29) is 24.3 Å². The minimum atomic E-state index is -1.12. The molecule has 1 heterocycles. The van der Waals surface area contributed by atoms with Crippen molar-refractivity contribution in [2.75, 3.05) is 12.3 Å². The van der Waals surface area contributed by atoms with E-state index < -0.39 is 23.5 Å². The Morgan fingerprint density at radius 2 is 1.94 bits per heavy atom. The van der Waals surface area contributed by atoms with Gasteiger partial charge < -0.3 is 31.2 Å². The fourth-order valence-electron chi connectivity index (χ4n) is 3.38. The van der Waals surface area contributed by atoms with E-state index >= 15 is 0 Å². The molecule has 188 valence electrons. The molecule has 1 saturated heterocycles. The second-order valence-electron chi connectivity index (χ2n) is 9.16. The molecule has 3 atom stereocenters. The number of nitrogens with zero attached hydrogens (tertiary/aromatic N) is 1. The zero-order valence-electron chi connectivity index (χ0n) is 19.8. The highest BCUT2D eigenvalue weighted by atomic mass is 35.5. The van der Waals surface area contributed by atoms with Gasteiger partial charge in [-0.15, -0.1) is 0 Å². The van der Waals surface area contributed by atoms with Crippen molar-refractivity contribution in [2.24, 2.45) is 5.41 Å². The Bertz CT molecular complexity index is 902. The van der Waals surface area contributed by atoms with Gasteiger partial charge in [0.15, 0.2) is 0 Å². The number of nitrogens with two attached hydrogens (primary N) is 1. The Morgan fingerprint density at radius 3 is 2.38 bits per heavy atom. The van der Waals surface area contributed by atoms with E-state index in [0.717, 1.165) is 19.4 Å². The van der Waals surface area contributed by atoms with Gasteiger partial charge >= 0.3 is 5.97 Å². The van der Waals surface area contributed by atoms with Gasteiger partial charge in [-0.25, -0.2) is 0 Å². The lowest BCUT2D eigenvalue weighted by Gasteiger charge is -2.35. The largest absolute Gasteiger partial charge is 0.481 e. The molecule has 34 heavy (non-hydrogen) atoms. The number of rotatable bonds is 8. The number of anilines is 1. The van der Waals surface area contributed by atoms with Gasteiger partial charge in [-0.05, 0) is 43.4 Å². The molecule has 5 N–H and O–H groups in total. The Morgan fingerprint density at radius 1 is 1.29 bits per heavy atom. The summed E-state index contributed by atoms with van der Waals surface area (Å²) < 4.78 is 0. The quantitative estimate of drug-likeness (QED) is 0.315. The van der Waals surface area contributed by atoms with Crippen molar-refractivity contribution < 1.29 is 29.1 Å². The summed E-state index contributed by atoms with van der Waals surface area (Å²) in [7, 11) is 0. The van der Waals surface area contributed by atoms with Gasteiger partial charge in [-0.2, -0.15) is 0 Å². The van der Waals surface area contributed by atoms with E-state index in [1.54, 1.807) is 12.1 Å². The van der Waals surface area contributed by atoms with Gasteiger partial charge in [0.1, 0.15) is 12.3 Å². The predicted molar refractivity (Wildman–Crippen MR) is 128 cm³/mol. The number of carboxylic acid groups (broad SMARTS) is 1. The van der Waals surface area contributed by atoms with E-state index in [4.69, 9.17) is 22.4 Å². The summed E-state index contributed by atoms with van der Waals surface area (Å²) in [5.74, 6) is -1.47. The first-order valence-corrected chi connectivity index (χ1v) is 11.2. The summed E-state index contributed by atoms with van der Waals surface area (Å²) >= 11 is 5.99. The van der Waals surface area contributed by atoms with Crippen molar-refractivity contribution in [2.45, 2.75) is 65.1 Å². The van der Waals surface area contributed by atoms with E-state index in [9.17, 15) is 24.0 Å². The second-order valence-corrected chi connectivity index (χ2v) is 9.56. The van der Waals surface area contributed by atoms with Crippen LogP contribution in [-0.4, -0.2) is 65.2 Å². The average Bonchev–Trinajstić information content (AvgIpc) is 3.18. The molecule has 1 aliphatic heterocycles. The number of carbonyl (C=O) groups is 5. The smallest absolute Gasteiger partial charge is 0.305 e. The number of aliphatic carboxylic acids is 1. The van der Waals surface area contributed by atoms with Crippen molar-refractivity contribution in [3.05, 3.63) is 28.8 Å². The number of hydrogen-bond acceptors (Lipinski definition) is 6. The molecule has 1 fully saturated rings. The van der Waals surface area contributed by atoms with Crippen LogP contribution in [0.1, 0.15) is 57.3 Å². The van der Waals surface area contributed by atoms with Crippen molar-refractivity contribution in [3.63, 3.8) is 0 Å². The average molecular weight is 497 g/mol. The SMILES string of the molecule is C[C@@H]1CCCN1C(=O)C(NC(=O)c1ccc(N)c(Cl)c1)C(C)(C)C.O=CN[C@H](C=O)CC(=O)O. The van der Waals surface area contributed by atoms with Crippen LogP contribution in [0.5, 0.6) is 0 Å². The highest BCUT2D eigenvalue weighted by Crippen LogP contribution is 2.26. The van der Waals surface area contributed by atoms with Gasteiger partial charge in [0.2, 0.25) is 12.3 Å². The van der Waals surface area contributed by atoms with Crippen LogP contribution in [0.15, 0.2) is 18.2 Å². The lowest BCUT2D eigenvalue weighted by atomic mass is 9.85. The summed E-state index contributed by atoms with van der Waals surface area (Å²) in [5.41, 5.74) is 6.10. The summed E-state index contributed by atoms with van der Waals surface area (Å²) in [6.07, 6.45) is 2.31. The van der Waals surface area contributed by atoms with E-state index in [1.165, 1.54) is 6.07 Å². The molecular weight excluding hydrogens is 464 g/mol. The highest BCUT2D eigenvalue weighted by molar-refractivity contribution is 6.33. The van der Waals surface area contributed by atoms with Gasteiger partial charge in [0, 0.05) is 18.2 Å². The zero-order chi connectivity index (χ0) is 26.1. The fourth-order valence-corrected chi connectivity index (χ4v) is 3.56. The van der Waals surface area contributed by atoms with E-state index in [1.807, 2.05) is 37.9 Å². The molecule has 1 aromatic rings. The number of carbonyl (C=O) groups excluding carboxylic acids is 4. The maximum absolute atomic E-state index is 13.0. The molecule has 3 amide bonds. The molecule has 2 rings (SSSR count). The molecule has 11 heteroatoms. The van der Waals surface area contributed by atoms with Crippen molar-refractivity contribution in [1.29, 1.82) is 0 Å². The molecule has 0 radical (unpaired) electrons. The maximum Gasteiger partial charge on any atom is 0.305 e. The summed E-state index contributed by atoms with van der Waals surface area (Å²) in [5, 5.41) is 13.4. The fraction of sp³-hybridized carbons (Fsp3) is 0.522. The third-order valence-electron chi connectivity index (χ3n) is 5.33. The third kappa shape index (κ3) is 8.66. The summed E-state index contributed by atoms with van der Waals surface area (Å²) in [4.78, 5) is 57.0. The first-order chi connectivity index (χ1) is 15.8. The Balaban J connectivity index is 0.000000489. The Hall–Kier alpha value is -3.14. The molecular formula is C23H33ClN4O6. The molecule has 0 spiro atoms. The topological polar surface area (TPSA) is 159 Å². The van der Waals surface area contributed by atoms with E-state index in [0.29, 0.717) is 29.0 Å². The van der Waals surface area contributed by atoms with Crippen molar-refractivity contribution in [1.82, 2.24) is 15.5 Å². The van der Waals surface area contributed by atoms with Crippen LogP contribution in [0, 0.1) is 5.41 Å². The minimum Gasteiger partial charge on any atom is -0.481 e. The molecule has 1 aromatic carbocycles. The standard InChI is InChI=1S/C18H26ClN3O2.C5H7NO4/c1-11-6-5-9-22(11)17(24)15(18(2,3)4)21-16(23)12-7-8-14(20)13(19)10-12;7-2-4(6-3-8)1-5(9)10/h7-8,10-11,15H,5-6,9,20H2,1-4H3,(H,21,23);2-4H,1H2,(H,6,8)(H,9,10)/t11-,15?;4-/m10/s1. The number of aldehydes is 1. The van der Waals surface area contributed by atoms with Crippen LogP contribution < -0.4 is 16.4 Å². The summed E-state index contributed by atoms with van der Waals surface area (Å²) in [6, 6.07) is 3.43. The van der Waals surface area contributed by atoms with Gasteiger partial charge in [-0.3, -0.25) is 19.2 Å². The Labute approximate surface area is 204 Å². The monoisotopic (exact) mass is 496 g/mol. The van der Waals surface area contributed by atoms with Crippen molar-refractivity contribution in [3.8, 4) is 0 Å². The van der Waals surface area contributed by atoms with Crippen LogP contribution in [0.4, 0.5) is 5.69 Å². The lowest BCUT2D eigenvalue weighted by Crippen LogP contribution is -2.55. The van der Waals surface area contributed by atoms with Gasteiger partial charge in [0.05, 0.1) is 23.2 Å². The highest BCUT2D eigenvalue weighted by Gasteiger charge is 2.38. The molecule has 0 saturated carbocycles. The van der Waals surface area contributed by atoms with Crippen LogP contribution in [0.25, 0.3) is 0 Å². The Kier molecular flexibility index (Phi) is 11.0. The molecule has 0 bridgehead atoms. The molecule has 10 nitrogen and oxygen atoms in total. The first kappa shape index (κ1) is 28.9. The first-order valence-electron chi connectivity index (χ1n) is 10.8. The molecule has 0 aromatic heterocycles. The lowest BCUT2D eigenvalue weighted by molar-refractivity contribution is -0.138.